The first-order valence-electron chi connectivity index (χ1n) is 6.11. The summed E-state index contributed by atoms with van der Waals surface area (Å²) in [6.07, 6.45) is 1.46. The molecule has 0 bridgehead atoms. The van der Waals surface area contributed by atoms with Crippen LogP contribution in [-0.4, -0.2) is 27.3 Å². The van der Waals surface area contributed by atoms with E-state index in [1.807, 2.05) is 6.92 Å². The highest BCUT2D eigenvalue weighted by molar-refractivity contribution is 9.10. The molecule has 19 heavy (non-hydrogen) atoms. The number of benzene rings is 1. The first-order chi connectivity index (χ1) is 8.94. The summed E-state index contributed by atoms with van der Waals surface area (Å²) in [6, 6.07) is 4.99. The Hall–Kier alpha value is -0.300. The van der Waals surface area contributed by atoms with Gasteiger partial charge in [-0.05, 0) is 60.1 Å². The third-order valence-electron chi connectivity index (χ3n) is 2.46. The molecule has 1 rings (SSSR count). The summed E-state index contributed by atoms with van der Waals surface area (Å²) in [7, 11) is -3.33. The third-order valence-corrected chi connectivity index (χ3v) is 4.74. The third kappa shape index (κ3) is 6.61. The van der Waals surface area contributed by atoms with Crippen LogP contribution in [0.4, 0.5) is 5.69 Å². The molecule has 0 saturated carbocycles. The lowest BCUT2D eigenvalue weighted by atomic mass is 10.3. The van der Waals surface area contributed by atoms with Crippen LogP contribution in [0.3, 0.4) is 0 Å². The van der Waals surface area contributed by atoms with Crippen molar-refractivity contribution in [1.82, 2.24) is 5.32 Å². The van der Waals surface area contributed by atoms with Crippen LogP contribution < -0.4 is 10.0 Å². The van der Waals surface area contributed by atoms with Gasteiger partial charge in [0.15, 0.2) is 0 Å². The van der Waals surface area contributed by atoms with Crippen molar-refractivity contribution in [2.75, 3.05) is 23.6 Å². The summed E-state index contributed by atoms with van der Waals surface area (Å²) in [5.74, 6) is 0.108. The minimum atomic E-state index is -3.33. The topological polar surface area (TPSA) is 58.2 Å². The number of hydrogen-bond acceptors (Lipinski definition) is 3. The van der Waals surface area contributed by atoms with Crippen LogP contribution in [0.2, 0.25) is 5.02 Å². The van der Waals surface area contributed by atoms with Gasteiger partial charge >= 0.3 is 0 Å². The second-order valence-electron chi connectivity index (χ2n) is 4.11. The minimum absolute atomic E-state index is 0.108. The Morgan fingerprint density at radius 3 is 2.74 bits per heavy atom. The van der Waals surface area contributed by atoms with Gasteiger partial charge in [0.05, 0.1) is 11.4 Å². The molecule has 7 heteroatoms. The standard InChI is InChI=1S/C12H18BrClN2O2S/c1-2-15-7-3-4-8-19(17,18)16-12-9-10(14)5-6-11(12)13/h5-6,9,15-16H,2-4,7-8H2,1H3. The van der Waals surface area contributed by atoms with E-state index in [0.717, 1.165) is 19.5 Å². The molecule has 1 aromatic carbocycles. The number of hydrogen-bond donors (Lipinski definition) is 2. The van der Waals surface area contributed by atoms with Crippen molar-refractivity contribution >= 4 is 43.2 Å². The zero-order valence-electron chi connectivity index (χ0n) is 10.7. The molecule has 0 heterocycles. The monoisotopic (exact) mass is 368 g/mol. The van der Waals surface area contributed by atoms with Crippen LogP contribution in [0.25, 0.3) is 0 Å². The smallest absolute Gasteiger partial charge is 0.232 e. The summed E-state index contributed by atoms with van der Waals surface area (Å²) < 4.78 is 27.0. The Labute approximate surface area is 128 Å². The van der Waals surface area contributed by atoms with E-state index in [9.17, 15) is 8.42 Å². The molecule has 0 unspecified atom stereocenters. The largest absolute Gasteiger partial charge is 0.317 e. The van der Waals surface area contributed by atoms with Gasteiger partial charge in [0.1, 0.15) is 0 Å². The van der Waals surface area contributed by atoms with Gasteiger partial charge in [0.2, 0.25) is 10.0 Å². The highest BCUT2D eigenvalue weighted by atomic mass is 79.9. The number of halogens is 2. The van der Waals surface area contributed by atoms with Crippen molar-refractivity contribution in [3.05, 3.63) is 27.7 Å². The normalized spacial score (nSPS) is 11.5. The van der Waals surface area contributed by atoms with Gasteiger partial charge in [-0.15, -0.1) is 0 Å². The second kappa shape index (κ2) is 8.09. The number of nitrogens with one attached hydrogen (secondary N) is 2. The molecule has 0 atom stereocenters. The average molecular weight is 370 g/mol. The van der Waals surface area contributed by atoms with Gasteiger partial charge in [-0.3, -0.25) is 4.72 Å². The van der Waals surface area contributed by atoms with Gasteiger partial charge < -0.3 is 5.32 Å². The van der Waals surface area contributed by atoms with Gasteiger partial charge in [-0.1, -0.05) is 18.5 Å². The quantitative estimate of drug-likeness (QED) is 0.692. The van der Waals surface area contributed by atoms with E-state index >= 15 is 0 Å². The lowest BCUT2D eigenvalue weighted by Crippen LogP contribution is -2.19. The van der Waals surface area contributed by atoms with Crippen LogP contribution >= 0.6 is 27.5 Å². The molecular formula is C12H18BrClN2O2S. The van der Waals surface area contributed by atoms with Crippen LogP contribution in [0.1, 0.15) is 19.8 Å². The molecular weight excluding hydrogens is 352 g/mol. The predicted octanol–water partition coefficient (Wildman–Crippen LogP) is 3.23. The predicted molar refractivity (Wildman–Crippen MR) is 84.3 cm³/mol. The Bertz CT molecular complexity index is 508. The molecule has 108 valence electrons. The summed E-state index contributed by atoms with van der Waals surface area (Å²) in [6.45, 7) is 3.77. The van der Waals surface area contributed by atoms with E-state index in [-0.39, 0.29) is 5.75 Å². The van der Waals surface area contributed by atoms with Gasteiger partial charge in [-0.25, -0.2) is 8.42 Å². The molecule has 0 fully saturated rings. The Balaban J connectivity index is 2.52. The van der Waals surface area contributed by atoms with Gasteiger partial charge in [0, 0.05) is 9.50 Å². The van der Waals surface area contributed by atoms with Crippen LogP contribution in [0, 0.1) is 0 Å². The van der Waals surface area contributed by atoms with Crippen molar-refractivity contribution < 1.29 is 8.42 Å². The van der Waals surface area contributed by atoms with E-state index in [1.54, 1.807) is 18.2 Å². The first kappa shape index (κ1) is 16.8. The lowest BCUT2D eigenvalue weighted by molar-refractivity contribution is 0.593. The van der Waals surface area contributed by atoms with Crippen LogP contribution in [0.5, 0.6) is 0 Å². The van der Waals surface area contributed by atoms with Crippen molar-refractivity contribution in [3.63, 3.8) is 0 Å². The Morgan fingerprint density at radius 2 is 2.05 bits per heavy atom. The number of unbranched alkanes of at least 4 members (excludes halogenated alkanes) is 1. The number of sulfonamides is 1. The van der Waals surface area contributed by atoms with Crippen molar-refractivity contribution in [3.8, 4) is 0 Å². The molecule has 0 aromatic heterocycles. The fourth-order valence-corrected chi connectivity index (χ4v) is 3.35. The zero-order valence-corrected chi connectivity index (χ0v) is 13.9. The second-order valence-corrected chi connectivity index (χ2v) is 7.24. The van der Waals surface area contributed by atoms with Crippen molar-refractivity contribution in [2.24, 2.45) is 0 Å². The molecule has 0 aliphatic carbocycles. The van der Waals surface area contributed by atoms with E-state index < -0.39 is 10.0 Å². The van der Waals surface area contributed by atoms with E-state index in [4.69, 9.17) is 11.6 Å². The molecule has 0 aliphatic heterocycles. The summed E-state index contributed by atoms with van der Waals surface area (Å²) in [4.78, 5) is 0. The lowest BCUT2D eigenvalue weighted by Gasteiger charge is -2.10. The van der Waals surface area contributed by atoms with Gasteiger partial charge in [0.25, 0.3) is 0 Å². The molecule has 0 amide bonds. The molecule has 0 aliphatic rings. The summed E-state index contributed by atoms with van der Waals surface area (Å²) in [5.41, 5.74) is 0.471. The van der Waals surface area contributed by atoms with Crippen LogP contribution in [-0.2, 0) is 10.0 Å². The molecule has 0 saturated heterocycles. The van der Waals surface area contributed by atoms with E-state index in [1.165, 1.54) is 0 Å². The number of anilines is 1. The van der Waals surface area contributed by atoms with E-state index in [2.05, 4.69) is 26.0 Å². The SMILES string of the molecule is CCNCCCCS(=O)(=O)Nc1cc(Cl)ccc1Br. The van der Waals surface area contributed by atoms with Crippen molar-refractivity contribution in [2.45, 2.75) is 19.8 Å². The fourth-order valence-electron chi connectivity index (χ4n) is 1.51. The Kier molecular flexibility index (Phi) is 7.13. The molecule has 0 spiro atoms. The maximum absolute atomic E-state index is 11.9. The van der Waals surface area contributed by atoms with E-state index in [0.29, 0.717) is 21.6 Å². The zero-order chi connectivity index (χ0) is 14.3. The number of rotatable bonds is 8. The Morgan fingerprint density at radius 1 is 1.32 bits per heavy atom. The van der Waals surface area contributed by atoms with Crippen molar-refractivity contribution in [1.29, 1.82) is 0 Å². The maximum atomic E-state index is 11.9. The maximum Gasteiger partial charge on any atom is 0.232 e. The summed E-state index contributed by atoms with van der Waals surface area (Å²) in [5, 5.41) is 3.65. The first-order valence-corrected chi connectivity index (χ1v) is 8.93. The average Bonchev–Trinajstić information content (AvgIpc) is 2.33. The minimum Gasteiger partial charge on any atom is -0.317 e. The highest BCUT2D eigenvalue weighted by Gasteiger charge is 2.12. The summed E-state index contributed by atoms with van der Waals surface area (Å²) >= 11 is 9.13. The molecule has 0 radical (unpaired) electrons. The molecule has 1 aromatic rings. The van der Waals surface area contributed by atoms with Crippen LogP contribution in [0.15, 0.2) is 22.7 Å². The van der Waals surface area contributed by atoms with Gasteiger partial charge in [-0.2, -0.15) is 0 Å². The molecule has 2 N–H and O–H groups in total. The fraction of sp³-hybridized carbons (Fsp3) is 0.500. The molecule has 4 nitrogen and oxygen atoms in total. The highest BCUT2D eigenvalue weighted by Crippen LogP contribution is 2.26.